The van der Waals surface area contributed by atoms with Crippen LogP contribution in [0.15, 0.2) is 0 Å². The first-order valence-corrected chi connectivity index (χ1v) is 9.65. The second-order valence-electron chi connectivity index (χ2n) is 7.31. The highest BCUT2D eigenvalue weighted by Crippen LogP contribution is 2.06. The molecular formula is C17H32N4O6S. The Kier molecular flexibility index (Phi) is 11.1. The van der Waals surface area contributed by atoms with Crippen molar-refractivity contribution >= 4 is 36.3 Å². The molecule has 162 valence electrons. The topological polar surface area (TPSA) is 171 Å². The monoisotopic (exact) mass is 420 g/mol. The first kappa shape index (κ1) is 26.1. The molecule has 0 spiro atoms. The molecule has 0 saturated carbocycles. The molecule has 0 radical (unpaired) electrons. The number of aliphatic carboxylic acids is 1. The molecule has 28 heavy (non-hydrogen) atoms. The summed E-state index contributed by atoms with van der Waals surface area (Å²) in [6, 6.07) is -4.43. The summed E-state index contributed by atoms with van der Waals surface area (Å²) in [7, 11) is 0. The number of aliphatic hydroxyl groups excluding tert-OH is 1. The average Bonchev–Trinajstić information content (AvgIpc) is 2.59. The Bertz CT molecular complexity index is 570. The van der Waals surface area contributed by atoms with Crippen LogP contribution in [0.4, 0.5) is 0 Å². The van der Waals surface area contributed by atoms with Crippen molar-refractivity contribution in [1.82, 2.24) is 16.0 Å². The Labute approximate surface area is 170 Å². The predicted octanol–water partition coefficient (Wildman–Crippen LogP) is -1.52. The largest absolute Gasteiger partial charge is 0.480 e. The van der Waals surface area contributed by atoms with Gasteiger partial charge in [0.15, 0.2) is 6.04 Å². The van der Waals surface area contributed by atoms with Gasteiger partial charge in [-0.1, -0.05) is 27.7 Å². The van der Waals surface area contributed by atoms with Crippen LogP contribution >= 0.6 is 12.6 Å². The zero-order chi connectivity index (χ0) is 22.2. The first-order valence-electron chi connectivity index (χ1n) is 9.01. The van der Waals surface area contributed by atoms with Gasteiger partial charge in [-0.15, -0.1) is 0 Å². The maximum Gasteiger partial charge on any atom is 0.328 e. The molecule has 0 aliphatic rings. The van der Waals surface area contributed by atoms with Crippen LogP contribution in [-0.2, 0) is 19.2 Å². The van der Waals surface area contributed by atoms with Gasteiger partial charge in [-0.3, -0.25) is 14.4 Å². The molecule has 0 aromatic heterocycles. The molecule has 11 heteroatoms. The molecule has 0 rings (SSSR count). The van der Waals surface area contributed by atoms with Gasteiger partial charge in [0, 0.05) is 5.75 Å². The molecule has 0 saturated heterocycles. The van der Waals surface area contributed by atoms with Gasteiger partial charge in [-0.25, -0.2) is 4.79 Å². The van der Waals surface area contributed by atoms with E-state index < -0.39 is 54.0 Å². The summed E-state index contributed by atoms with van der Waals surface area (Å²) in [5.41, 5.74) is 5.80. The van der Waals surface area contributed by atoms with Crippen LogP contribution in [0, 0.1) is 11.8 Å². The number of carboxylic acids is 1. The lowest BCUT2D eigenvalue weighted by molar-refractivity contribution is -0.145. The molecule has 0 heterocycles. The van der Waals surface area contributed by atoms with Crippen LogP contribution < -0.4 is 21.7 Å². The summed E-state index contributed by atoms with van der Waals surface area (Å²) < 4.78 is 0. The quantitative estimate of drug-likeness (QED) is 0.199. The molecule has 5 unspecified atom stereocenters. The maximum absolute atomic E-state index is 12.6. The maximum atomic E-state index is 12.6. The number of hydrogen-bond acceptors (Lipinski definition) is 7. The number of carboxylic acid groups (broad SMARTS) is 1. The van der Waals surface area contributed by atoms with Crippen LogP contribution in [0.3, 0.4) is 0 Å². The van der Waals surface area contributed by atoms with Gasteiger partial charge in [0.25, 0.3) is 0 Å². The lowest BCUT2D eigenvalue weighted by Gasteiger charge is -2.27. The van der Waals surface area contributed by atoms with Gasteiger partial charge in [0.05, 0.1) is 12.1 Å². The van der Waals surface area contributed by atoms with Crippen molar-refractivity contribution in [1.29, 1.82) is 0 Å². The van der Waals surface area contributed by atoms with E-state index in [-0.39, 0.29) is 17.6 Å². The van der Waals surface area contributed by atoms with E-state index in [4.69, 9.17) is 10.8 Å². The number of nitrogens with one attached hydrogen (secondary N) is 3. The molecule has 0 fully saturated rings. The molecule has 7 N–H and O–H groups in total. The first-order chi connectivity index (χ1) is 12.8. The van der Waals surface area contributed by atoms with Crippen LogP contribution in [-0.4, -0.2) is 69.9 Å². The molecule has 10 nitrogen and oxygen atoms in total. The number of aliphatic hydroxyl groups is 1. The van der Waals surface area contributed by atoms with E-state index in [2.05, 4.69) is 28.6 Å². The number of rotatable bonds is 11. The number of carbonyl (C=O) groups is 4. The number of nitrogens with two attached hydrogens (primary N) is 1. The average molecular weight is 421 g/mol. The van der Waals surface area contributed by atoms with E-state index in [0.29, 0.717) is 0 Å². The highest BCUT2D eigenvalue weighted by Gasteiger charge is 2.32. The summed E-state index contributed by atoms with van der Waals surface area (Å²) in [5.74, 6) is -3.88. The summed E-state index contributed by atoms with van der Waals surface area (Å²) in [6.07, 6.45) is -1.34. The van der Waals surface area contributed by atoms with Crippen molar-refractivity contribution in [2.24, 2.45) is 17.6 Å². The van der Waals surface area contributed by atoms with Crippen molar-refractivity contribution < 1.29 is 29.4 Å². The minimum atomic E-state index is -1.53. The second kappa shape index (κ2) is 11.9. The van der Waals surface area contributed by atoms with E-state index >= 15 is 0 Å². The highest BCUT2D eigenvalue weighted by atomic mass is 32.1. The molecule has 0 bridgehead atoms. The SMILES string of the molecule is CC(C)C(N)C(=O)NC(C(=O)NC(CS)C(=O)NC(C(=O)O)C(C)O)C(C)C. The van der Waals surface area contributed by atoms with Crippen LogP contribution in [0.1, 0.15) is 34.6 Å². The van der Waals surface area contributed by atoms with Crippen LogP contribution in [0.5, 0.6) is 0 Å². The van der Waals surface area contributed by atoms with Crippen LogP contribution in [0.2, 0.25) is 0 Å². The Hall–Kier alpha value is -1.85. The van der Waals surface area contributed by atoms with Crippen molar-refractivity contribution in [2.45, 2.75) is 64.9 Å². The minimum Gasteiger partial charge on any atom is -0.480 e. The standard InChI is InChI=1S/C17H32N4O6S/c1-7(2)11(18)15(24)20-12(8(3)4)16(25)19-10(6-28)14(23)21-13(9(5)22)17(26)27/h7-13,22,28H,6,18H2,1-5H3,(H,19,25)(H,20,24)(H,21,23)(H,26,27). The number of hydrogen-bond donors (Lipinski definition) is 7. The Morgan fingerprint density at radius 2 is 1.36 bits per heavy atom. The fourth-order valence-electron chi connectivity index (χ4n) is 2.19. The summed E-state index contributed by atoms with van der Waals surface area (Å²) in [6.45, 7) is 8.20. The summed E-state index contributed by atoms with van der Waals surface area (Å²) in [4.78, 5) is 48.2. The van der Waals surface area contributed by atoms with Gasteiger partial charge in [0.1, 0.15) is 12.1 Å². The number of thiol groups is 1. The summed E-state index contributed by atoms with van der Waals surface area (Å²) in [5, 5.41) is 25.7. The minimum absolute atomic E-state index is 0.117. The lowest BCUT2D eigenvalue weighted by Crippen LogP contribution is -2.60. The van der Waals surface area contributed by atoms with Gasteiger partial charge >= 0.3 is 5.97 Å². The Balaban J connectivity index is 5.18. The highest BCUT2D eigenvalue weighted by molar-refractivity contribution is 7.80. The zero-order valence-electron chi connectivity index (χ0n) is 16.8. The second-order valence-corrected chi connectivity index (χ2v) is 7.67. The van der Waals surface area contributed by atoms with Crippen LogP contribution in [0.25, 0.3) is 0 Å². The van der Waals surface area contributed by atoms with E-state index in [1.807, 2.05) is 0 Å². The van der Waals surface area contributed by atoms with E-state index in [0.717, 1.165) is 0 Å². The third kappa shape index (κ3) is 8.03. The molecular weight excluding hydrogens is 388 g/mol. The fourth-order valence-corrected chi connectivity index (χ4v) is 2.44. The number of amides is 3. The van der Waals surface area contributed by atoms with Gasteiger partial charge < -0.3 is 31.9 Å². The molecule has 5 atom stereocenters. The smallest absolute Gasteiger partial charge is 0.328 e. The van der Waals surface area contributed by atoms with Crippen molar-refractivity contribution in [2.75, 3.05) is 5.75 Å². The Morgan fingerprint density at radius 3 is 1.71 bits per heavy atom. The van der Waals surface area contributed by atoms with Crippen molar-refractivity contribution in [3.8, 4) is 0 Å². The van der Waals surface area contributed by atoms with Gasteiger partial charge in [-0.2, -0.15) is 12.6 Å². The summed E-state index contributed by atoms with van der Waals surface area (Å²) >= 11 is 4.01. The van der Waals surface area contributed by atoms with Crippen molar-refractivity contribution in [3.05, 3.63) is 0 Å². The molecule has 0 aromatic carbocycles. The third-order valence-electron chi connectivity index (χ3n) is 4.13. The third-order valence-corrected chi connectivity index (χ3v) is 4.49. The fraction of sp³-hybridized carbons (Fsp3) is 0.765. The zero-order valence-corrected chi connectivity index (χ0v) is 17.7. The Morgan fingerprint density at radius 1 is 0.857 bits per heavy atom. The molecule has 0 aliphatic carbocycles. The van der Waals surface area contributed by atoms with Gasteiger partial charge in [0.2, 0.25) is 17.7 Å². The van der Waals surface area contributed by atoms with E-state index in [9.17, 15) is 24.3 Å². The lowest BCUT2D eigenvalue weighted by atomic mass is 10.00. The molecule has 0 aliphatic heterocycles. The molecule has 3 amide bonds. The normalized spacial score (nSPS) is 16.6. The number of carbonyl (C=O) groups excluding carboxylic acids is 3. The van der Waals surface area contributed by atoms with Crippen molar-refractivity contribution in [3.63, 3.8) is 0 Å². The molecule has 0 aromatic rings. The van der Waals surface area contributed by atoms with Gasteiger partial charge in [-0.05, 0) is 18.8 Å². The predicted molar refractivity (Wildman–Crippen MR) is 107 cm³/mol. The van der Waals surface area contributed by atoms with E-state index in [1.54, 1.807) is 27.7 Å². The van der Waals surface area contributed by atoms with E-state index in [1.165, 1.54) is 6.92 Å².